The summed E-state index contributed by atoms with van der Waals surface area (Å²) in [5.41, 5.74) is 3.36. The second-order valence-electron chi connectivity index (χ2n) is 4.35. The number of ether oxygens (including phenoxy) is 1. The standard InChI is InChI=1S/C15H11NO3/c1-19-15(18)11-7-13(17)10-4-2-3-9-5-6-16-8-12(11)14(9)10/h2-6,8H,7H2,1H3. The van der Waals surface area contributed by atoms with Crippen molar-refractivity contribution in [1.82, 2.24) is 0 Å². The molecule has 94 valence electrons. The first kappa shape index (κ1) is 11.6. The molecule has 0 N–H and O–H groups in total. The molecule has 19 heavy (non-hydrogen) atoms. The molecule has 2 aliphatic rings. The molecule has 0 saturated carbocycles. The van der Waals surface area contributed by atoms with E-state index in [-0.39, 0.29) is 12.2 Å². The van der Waals surface area contributed by atoms with Crippen molar-refractivity contribution < 1.29 is 14.3 Å². The molecule has 0 fully saturated rings. The summed E-state index contributed by atoms with van der Waals surface area (Å²) in [4.78, 5) is 28.1. The molecule has 1 heterocycles. The van der Waals surface area contributed by atoms with Crippen LogP contribution in [-0.4, -0.2) is 25.1 Å². The van der Waals surface area contributed by atoms with Gasteiger partial charge in [-0.15, -0.1) is 0 Å². The van der Waals surface area contributed by atoms with E-state index in [1.54, 1.807) is 18.5 Å². The van der Waals surface area contributed by atoms with Crippen LogP contribution in [0.5, 0.6) is 0 Å². The minimum atomic E-state index is -0.475. The minimum absolute atomic E-state index is 0.0600. The van der Waals surface area contributed by atoms with Crippen molar-refractivity contribution in [2.24, 2.45) is 4.99 Å². The predicted octanol–water partition coefficient (Wildman–Crippen LogP) is 2.25. The molecule has 0 unspecified atom stereocenters. The smallest absolute Gasteiger partial charge is 0.334 e. The minimum Gasteiger partial charge on any atom is -0.466 e. The molecule has 0 aromatic heterocycles. The number of methoxy groups -OCH3 is 1. The van der Waals surface area contributed by atoms with Gasteiger partial charge >= 0.3 is 5.97 Å². The van der Waals surface area contributed by atoms with E-state index >= 15 is 0 Å². The van der Waals surface area contributed by atoms with Crippen LogP contribution >= 0.6 is 0 Å². The summed E-state index contributed by atoms with van der Waals surface area (Å²) >= 11 is 0. The average molecular weight is 253 g/mol. The van der Waals surface area contributed by atoms with Gasteiger partial charge in [0.25, 0.3) is 0 Å². The molecule has 0 saturated heterocycles. The fourth-order valence-electron chi connectivity index (χ4n) is 2.43. The van der Waals surface area contributed by atoms with Crippen molar-refractivity contribution >= 4 is 29.6 Å². The van der Waals surface area contributed by atoms with Gasteiger partial charge in [0.1, 0.15) is 0 Å². The molecular formula is C15H11NO3. The van der Waals surface area contributed by atoms with E-state index in [4.69, 9.17) is 4.74 Å². The van der Waals surface area contributed by atoms with Crippen molar-refractivity contribution in [2.75, 3.05) is 7.11 Å². The number of Topliss-reactive ketones (excluding diaryl/α,β-unsaturated/α-hetero) is 1. The second-order valence-corrected chi connectivity index (χ2v) is 4.35. The van der Waals surface area contributed by atoms with Crippen LogP contribution in [0.1, 0.15) is 27.9 Å². The van der Waals surface area contributed by atoms with Crippen molar-refractivity contribution in [1.29, 1.82) is 0 Å². The Kier molecular flexibility index (Phi) is 2.63. The largest absolute Gasteiger partial charge is 0.466 e. The lowest BCUT2D eigenvalue weighted by atomic mass is 9.82. The molecule has 3 rings (SSSR count). The zero-order valence-corrected chi connectivity index (χ0v) is 10.3. The van der Waals surface area contributed by atoms with E-state index in [1.165, 1.54) is 7.11 Å². The average Bonchev–Trinajstić information content (AvgIpc) is 2.65. The molecule has 1 aliphatic heterocycles. The maximum Gasteiger partial charge on any atom is 0.334 e. The Morgan fingerprint density at radius 3 is 3.00 bits per heavy atom. The van der Waals surface area contributed by atoms with Crippen LogP contribution in [0.2, 0.25) is 0 Å². The molecule has 0 spiro atoms. The highest BCUT2D eigenvalue weighted by Gasteiger charge is 2.30. The van der Waals surface area contributed by atoms with E-state index in [0.717, 1.165) is 11.1 Å². The number of benzene rings is 1. The van der Waals surface area contributed by atoms with E-state index in [2.05, 4.69) is 4.99 Å². The van der Waals surface area contributed by atoms with Crippen LogP contribution in [0, 0.1) is 0 Å². The SMILES string of the molecule is COC(=O)C1=C2C=NC=Cc3cccc(c32)C(=O)C1. The molecule has 1 aromatic rings. The predicted molar refractivity (Wildman–Crippen MR) is 71.9 cm³/mol. The lowest BCUT2D eigenvalue weighted by Gasteiger charge is -2.20. The quantitative estimate of drug-likeness (QED) is 0.721. The summed E-state index contributed by atoms with van der Waals surface area (Å²) in [5.74, 6) is -0.540. The number of ketones is 1. The van der Waals surface area contributed by atoms with Gasteiger partial charge in [-0.05, 0) is 11.6 Å². The Bertz CT molecular complexity index is 681. The molecule has 4 heteroatoms. The molecule has 1 aromatic carbocycles. The summed E-state index contributed by atoms with van der Waals surface area (Å²) in [6.07, 6.45) is 5.16. The van der Waals surface area contributed by atoms with Crippen molar-refractivity contribution in [3.8, 4) is 0 Å². The topological polar surface area (TPSA) is 55.7 Å². The number of carbonyl (C=O) groups is 2. The van der Waals surface area contributed by atoms with Crippen LogP contribution in [-0.2, 0) is 9.53 Å². The number of hydrogen-bond acceptors (Lipinski definition) is 4. The monoisotopic (exact) mass is 253 g/mol. The van der Waals surface area contributed by atoms with Crippen LogP contribution in [0.4, 0.5) is 0 Å². The molecular weight excluding hydrogens is 242 g/mol. The van der Waals surface area contributed by atoms with Crippen LogP contribution in [0.25, 0.3) is 11.6 Å². The first-order valence-corrected chi connectivity index (χ1v) is 5.90. The first-order valence-electron chi connectivity index (χ1n) is 5.90. The Morgan fingerprint density at radius 1 is 1.37 bits per heavy atom. The molecule has 0 radical (unpaired) electrons. The molecule has 4 nitrogen and oxygen atoms in total. The Labute approximate surface area is 110 Å². The lowest BCUT2D eigenvalue weighted by Crippen LogP contribution is -2.19. The zero-order chi connectivity index (χ0) is 13.4. The number of allylic oxidation sites excluding steroid dienone is 1. The molecule has 1 aliphatic carbocycles. The zero-order valence-electron chi connectivity index (χ0n) is 10.3. The number of aliphatic imine (C=N–C) groups is 1. The Morgan fingerprint density at radius 2 is 2.21 bits per heavy atom. The summed E-state index contributed by atoms with van der Waals surface area (Å²) in [7, 11) is 1.31. The van der Waals surface area contributed by atoms with Crippen LogP contribution in [0.3, 0.4) is 0 Å². The highest BCUT2D eigenvalue weighted by Crippen LogP contribution is 2.35. The van der Waals surface area contributed by atoms with E-state index in [9.17, 15) is 9.59 Å². The van der Waals surface area contributed by atoms with Crippen molar-refractivity contribution in [3.63, 3.8) is 0 Å². The van der Waals surface area contributed by atoms with E-state index in [0.29, 0.717) is 16.7 Å². The van der Waals surface area contributed by atoms with Crippen molar-refractivity contribution in [2.45, 2.75) is 6.42 Å². The van der Waals surface area contributed by atoms with Crippen molar-refractivity contribution in [3.05, 3.63) is 46.7 Å². The first-order chi connectivity index (χ1) is 9.22. The van der Waals surface area contributed by atoms with E-state index < -0.39 is 5.97 Å². The van der Waals surface area contributed by atoms with Gasteiger partial charge < -0.3 is 4.74 Å². The maximum atomic E-state index is 12.2. The van der Waals surface area contributed by atoms with Gasteiger partial charge in [0.2, 0.25) is 0 Å². The molecule has 0 amide bonds. The van der Waals surface area contributed by atoms with E-state index in [1.807, 2.05) is 18.2 Å². The third-order valence-electron chi connectivity index (χ3n) is 3.30. The summed E-state index contributed by atoms with van der Waals surface area (Å²) in [6.45, 7) is 0. The molecule has 0 bridgehead atoms. The van der Waals surface area contributed by atoms with Gasteiger partial charge in [0.15, 0.2) is 5.78 Å². The second kappa shape index (κ2) is 4.31. The lowest BCUT2D eigenvalue weighted by molar-refractivity contribution is -0.136. The number of nitrogens with zero attached hydrogens (tertiary/aromatic N) is 1. The fourth-order valence-corrected chi connectivity index (χ4v) is 2.43. The van der Waals surface area contributed by atoms with Gasteiger partial charge in [0, 0.05) is 35.5 Å². The summed E-state index contributed by atoms with van der Waals surface area (Å²) in [6, 6.07) is 5.52. The fraction of sp³-hybridized carbons (Fsp3) is 0.133. The summed E-state index contributed by atoms with van der Waals surface area (Å²) < 4.78 is 4.76. The third kappa shape index (κ3) is 1.73. The Hall–Kier alpha value is -2.49. The number of rotatable bonds is 1. The van der Waals surface area contributed by atoms with Gasteiger partial charge in [0.05, 0.1) is 12.7 Å². The number of carbonyl (C=O) groups excluding carboxylic acids is 2. The van der Waals surface area contributed by atoms with Crippen LogP contribution in [0.15, 0.2) is 35.0 Å². The number of hydrogen-bond donors (Lipinski definition) is 0. The van der Waals surface area contributed by atoms with Gasteiger partial charge in [-0.1, -0.05) is 18.2 Å². The maximum absolute atomic E-state index is 12.2. The third-order valence-corrected chi connectivity index (χ3v) is 3.30. The highest BCUT2D eigenvalue weighted by molar-refractivity contribution is 6.26. The van der Waals surface area contributed by atoms with Gasteiger partial charge in [-0.3, -0.25) is 9.79 Å². The van der Waals surface area contributed by atoms with Gasteiger partial charge in [-0.2, -0.15) is 0 Å². The molecule has 0 atom stereocenters. The Balaban J connectivity index is 2.35. The van der Waals surface area contributed by atoms with Gasteiger partial charge in [-0.25, -0.2) is 4.79 Å². The summed E-state index contributed by atoms with van der Waals surface area (Å²) in [5, 5.41) is 0. The van der Waals surface area contributed by atoms with Crippen LogP contribution < -0.4 is 0 Å². The normalized spacial score (nSPS) is 16.2. The highest BCUT2D eigenvalue weighted by atomic mass is 16.5. The number of esters is 1.